The molecule has 126 valence electrons. The number of nitrogens with one attached hydrogen (secondary N) is 1. The van der Waals surface area contributed by atoms with Gasteiger partial charge in [-0.3, -0.25) is 4.79 Å². The van der Waals surface area contributed by atoms with Gasteiger partial charge in [-0.1, -0.05) is 25.7 Å². The number of morpholine rings is 1. The fraction of sp³-hybridized carbons (Fsp3) is 0.706. The second-order valence-corrected chi connectivity index (χ2v) is 6.41. The summed E-state index contributed by atoms with van der Waals surface area (Å²) in [4.78, 5) is 23.0. The average molecular weight is 318 g/mol. The Labute approximate surface area is 137 Å². The zero-order chi connectivity index (χ0) is 15.9. The van der Waals surface area contributed by atoms with E-state index in [4.69, 9.17) is 4.74 Å². The molecule has 3 rings (SSSR count). The number of carbonyl (C=O) groups is 1. The lowest BCUT2D eigenvalue weighted by Crippen LogP contribution is -2.37. The summed E-state index contributed by atoms with van der Waals surface area (Å²) in [6.07, 6.45) is 8.66. The first-order valence-corrected chi connectivity index (χ1v) is 8.72. The van der Waals surface area contributed by atoms with Crippen molar-refractivity contribution in [2.75, 3.05) is 31.2 Å². The second kappa shape index (κ2) is 8.24. The van der Waals surface area contributed by atoms with Gasteiger partial charge >= 0.3 is 0 Å². The van der Waals surface area contributed by atoms with Crippen molar-refractivity contribution in [2.24, 2.45) is 5.92 Å². The highest BCUT2D eigenvalue weighted by Gasteiger charge is 2.16. The van der Waals surface area contributed by atoms with E-state index in [1.165, 1.54) is 25.7 Å². The van der Waals surface area contributed by atoms with E-state index in [2.05, 4.69) is 20.2 Å². The SMILES string of the molecule is O=C(CCC1CCCC1)NCc1ccnc(N2CCOCC2)n1. The van der Waals surface area contributed by atoms with Crippen molar-refractivity contribution in [1.29, 1.82) is 0 Å². The molecule has 0 unspecified atom stereocenters. The Kier molecular flexibility index (Phi) is 5.80. The van der Waals surface area contributed by atoms with E-state index < -0.39 is 0 Å². The number of hydrogen-bond donors (Lipinski definition) is 1. The molecule has 1 aliphatic carbocycles. The molecule has 2 heterocycles. The van der Waals surface area contributed by atoms with Crippen LogP contribution in [0.25, 0.3) is 0 Å². The van der Waals surface area contributed by atoms with Gasteiger partial charge in [-0.25, -0.2) is 9.97 Å². The molecule has 2 fully saturated rings. The molecule has 0 bridgehead atoms. The van der Waals surface area contributed by atoms with E-state index in [9.17, 15) is 4.79 Å². The molecule has 0 radical (unpaired) electrons. The van der Waals surface area contributed by atoms with Gasteiger partial charge in [0.1, 0.15) is 0 Å². The van der Waals surface area contributed by atoms with E-state index in [0.29, 0.717) is 26.2 Å². The lowest BCUT2D eigenvalue weighted by molar-refractivity contribution is -0.121. The number of anilines is 1. The van der Waals surface area contributed by atoms with Gasteiger partial charge in [-0.05, 0) is 18.4 Å². The fourth-order valence-corrected chi connectivity index (χ4v) is 3.31. The van der Waals surface area contributed by atoms with Gasteiger partial charge in [0.05, 0.1) is 25.5 Å². The van der Waals surface area contributed by atoms with Crippen molar-refractivity contribution in [2.45, 2.75) is 45.1 Å². The Balaban J connectivity index is 1.44. The highest BCUT2D eigenvalue weighted by atomic mass is 16.5. The quantitative estimate of drug-likeness (QED) is 0.868. The van der Waals surface area contributed by atoms with Crippen LogP contribution in [0, 0.1) is 5.92 Å². The Morgan fingerprint density at radius 3 is 2.87 bits per heavy atom. The molecular formula is C17H26N4O2. The summed E-state index contributed by atoms with van der Waals surface area (Å²) in [5, 5.41) is 2.98. The molecule has 6 heteroatoms. The van der Waals surface area contributed by atoms with Crippen molar-refractivity contribution in [3.05, 3.63) is 18.0 Å². The predicted molar refractivity (Wildman–Crippen MR) is 88.1 cm³/mol. The van der Waals surface area contributed by atoms with E-state index in [-0.39, 0.29) is 5.91 Å². The summed E-state index contributed by atoms with van der Waals surface area (Å²) in [6.45, 7) is 3.54. The molecule has 6 nitrogen and oxygen atoms in total. The van der Waals surface area contributed by atoms with E-state index in [0.717, 1.165) is 37.1 Å². The maximum absolute atomic E-state index is 12.0. The Morgan fingerprint density at radius 1 is 1.30 bits per heavy atom. The molecule has 1 saturated carbocycles. The Bertz CT molecular complexity index is 511. The predicted octanol–water partition coefficient (Wildman–Crippen LogP) is 1.90. The molecule has 1 N–H and O–H groups in total. The number of carbonyl (C=O) groups excluding carboxylic acids is 1. The van der Waals surface area contributed by atoms with Crippen molar-refractivity contribution in [3.63, 3.8) is 0 Å². The molecule has 0 atom stereocenters. The Hall–Kier alpha value is -1.69. The van der Waals surface area contributed by atoms with Crippen LogP contribution in [0.15, 0.2) is 12.3 Å². The van der Waals surface area contributed by atoms with Crippen LogP contribution >= 0.6 is 0 Å². The van der Waals surface area contributed by atoms with Crippen LogP contribution in [0.5, 0.6) is 0 Å². The van der Waals surface area contributed by atoms with Gasteiger partial charge in [0.25, 0.3) is 0 Å². The highest BCUT2D eigenvalue weighted by molar-refractivity contribution is 5.75. The minimum Gasteiger partial charge on any atom is -0.378 e. The lowest BCUT2D eigenvalue weighted by Gasteiger charge is -2.26. The van der Waals surface area contributed by atoms with Crippen LogP contribution in [-0.4, -0.2) is 42.2 Å². The summed E-state index contributed by atoms with van der Waals surface area (Å²) in [5.41, 5.74) is 0.857. The van der Waals surface area contributed by atoms with Gasteiger partial charge in [0, 0.05) is 25.7 Å². The first-order valence-electron chi connectivity index (χ1n) is 8.72. The summed E-state index contributed by atoms with van der Waals surface area (Å²) >= 11 is 0. The molecule has 1 aliphatic heterocycles. The van der Waals surface area contributed by atoms with Crippen LogP contribution in [0.4, 0.5) is 5.95 Å². The maximum Gasteiger partial charge on any atom is 0.225 e. The number of amides is 1. The Morgan fingerprint density at radius 2 is 2.09 bits per heavy atom. The van der Waals surface area contributed by atoms with Crippen molar-refractivity contribution < 1.29 is 9.53 Å². The largest absolute Gasteiger partial charge is 0.378 e. The topological polar surface area (TPSA) is 67.4 Å². The molecule has 1 saturated heterocycles. The molecule has 1 aromatic rings. The van der Waals surface area contributed by atoms with Crippen LogP contribution in [0.2, 0.25) is 0 Å². The molecule has 0 aromatic carbocycles. The summed E-state index contributed by atoms with van der Waals surface area (Å²) < 4.78 is 5.35. The van der Waals surface area contributed by atoms with Gasteiger partial charge < -0.3 is 15.0 Å². The standard InChI is InChI=1S/C17H26N4O2/c22-16(6-5-14-3-1-2-4-14)19-13-15-7-8-18-17(20-15)21-9-11-23-12-10-21/h7-8,14H,1-6,9-13H2,(H,19,22). The number of rotatable bonds is 6. The van der Waals surface area contributed by atoms with Crippen LogP contribution in [0.3, 0.4) is 0 Å². The average Bonchev–Trinajstić information content (AvgIpc) is 3.13. The van der Waals surface area contributed by atoms with Crippen molar-refractivity contribution in [3.8, 4) is 0 Å². The lowest BCUT2D eigenvalue weighted by atomic mass is 10.0. The fourth-order valence-electron chi connectivity index (χ4n) is 3.31. The summed E-state index contributed by atoms with van der Waals surface area (Å²) in [7, 11) is 0. The summed E-state index contributed by atoms with van der Waals surface area (Å²) in [6, 6.07) is 1.86. The molecule has 1 aromatic heterocycles. The normalized spacial score (nSPS) is 19.0. The summed E-state index contributed by atoms with van der Waals surface area (Å²) in [5.74, 6) is 1.61. The van der Waals surface area contributed by atoms with Crippen LogP contribution in [0.1, 0.15) is 44.2 Å². The monoisotopic (exact) mass is 318 g/mol. The number of aromatic nitrogens is 2. The molecule has 0 spiro atoms. The van der Waals surface area contributed by atoms with E-state index in [1.54, 1.807) is 6.20 Å². The molecule has 23 heavy (non-hydrogen) atoms. The number of hydrogen-bond acceptors (Lipinski definition) is 5. The second-order valence-electron chi connectivity index (χ2n) is 6.41. The first-order chi connectivity index (χ1) is 11.3. The van der Waals surface area contributed by atoms with Crippen molar-refractivity contribution in [1.82, 2.24) is 15.3 Å². The maximum atomic E-state index is 12.0. The van der Waals surface area contributed by atoms with E-state index >= 15 is 0 Å². The molecule has 1 amide bonds. The molecule has 2 aliphatic rings. The van der Waals surface area contributed by atoms with Crippen molar-refractivity contribution >= 4 is 11.9 Å². The zero-order valence-electron chi connectivity index (χ0n) is 13.7. The highest BCUT2D eigenvalue weighted by Crippen LogP contribution is 2.28. The van der Waals surface area contributed by atoms with Crippen LogP contribution in [-0.2, 0) is 16.1 Å². The zero-order valence-corrected chi connectivity index (χ0v) is 13.7. The molecular weight excluding hydrogens is 292 g/mol. The third-order valence-electron chi connectivity index (χ3n) is 4.72. The number of ether oxygens (including phenoxy) is 1. The minimum absolute atomic E-state index is 0.128. The smallest absolute Gasteiger partial charge is 0.225 e. The van der Waals surface area contributed by atoms with Gasteiger partial charge in [0.15, 0.2) is 0 Å². The number of nitrogens with zero attached hydrogens (tertiary/aromatic N) is 3. The van der Waals surface area contributed by atoms with Crippen LogP contribution < -0.4 is 10.2 Å². The van der Waals surface area contributed by atoms with E-state index in [1.807, 2.05) is 6.07 Å². The minimum atomic E-state index is 0.128. The van der Waals surface area contributed by atoms with Gasteiger partial charge in [-0.15, -0.1) is 0 Å². The third kappa shape index (κ3) is 4.89. The van der Waals surface area contributed by atoms with Gasteiger partial charge in [-0.2, -0.15) is 0 Å². The van der Waals surface area contributed by atoms with Gasteiger partial charge in [0.2, 0.25) is 11.9 Å². The third-order valence-corrected chi connectivity index (χ3v) is 4.72. The first kappa shape index (κ1) is 16.2.